The normalized spacial score (nSPS) is 11.3. The third-order valence-electron chi connectivity index (χ3n) is 2.78. The molecule has 6 heteroatoms. The molecule has 21 heavy (non-hydrogen) atoms. The summed E-state index contributed by atoms with van der Waals surface area (Å²) in [4.78, 5) is 4.29. The zero-order valence-corrected chi connectivity index (χ0v) is 12.6. The van der Waals surface area contributed by atoms with E-state index in [1.807, 2.05) is 13.0 Å². The number of nitrogens with one attached hydrogen (secondary N) is 1. The summed E-state index contributed by atoms with van der Waals surface area (Å²) in [6.45, 7) is 2.79. The van der Waals surface area contributed by atoms with Gasteiger partial charge >= 0.3 is 0 Å². The lowest BCUT2D eigenvalue weighted by Gasteiger charge is -2.08. The van der Waals surface area contributed by atoms with Crippen molar-refractivity contribution in [3.63, 3.8) is 0 Å². The summed E-state index contributed by atoms with van der Waals surface area (Å²) < 4.78 is 32.3. The smallest absolute Gasteiger partial charge is 0.240 e. The molecule has 0 unspecified atom stereocenters. The Balaban J connectivity index is 2.02. The van der Waals surface area contributed by atoms with Crippen LogP contribution in [0.5, 0.6) is 5.75 Å². The minimum absolute atomic E-state index is 0.164. The molecule has 0 spiro atoms. The number of rotatable bonds is 7. The monoisotopic (exact) mass is 306 g/mol. The first-order valence-electron chi connectivity index (χ1n) is 6.74. The number of nitrogens with zero attached hydrogens (tertiary/aromatic N) is 1. The average Bonchev–Trinajstić information content (AvgIpc) is 2.52. The fourth-order valence-electron chi connectivity index (χ4n) is 1.69. The van der Waals surface area contributed by atoms with Gasteiger partial charge in [-0.05, 0) is 42.8 Å². The van der Waals surface area contributed by atoms with Crippen LogP contribution < -0.4 is 9.46 Å². The van der Waals surface area contributed by atoms with Gasteiger partial charge in [0, 0.05) is 6.20 Å². The molecule has 0 saturated carbocycles. The van der Waals surface area contributed by atoms with Gasteiger partial charge in [0.1, 0.15) is 5.75 Å². The van der Waals surface area contributed by atoms with Gasteiger partial charge in [0.2, 0.25) is 10.0 Å². The topological polar surface area (TPSA) is 68.3 Å². The van der Waals surface area contributed by atoms with Crippen molar-refractivity contribution >= 4 is 10.0 Å². The second kappa shape index (κ2) is 7.19. The van der Waals surface area contributed by atoms with Crippen LogP contribution in [0.2, 0.25) is 0 Å². The second-order valence-electron chi connectivity index (χ2n) is 4.47. The molecule has 1 heterocycles. The Bertz CT molecular complexity index is 655. The average molecular weight is 306 g/mol. The van der Waals surface area contributed by atoms with Crippen molar-refractivity contribution in [2.75, 3.05) is 6.61 Å². The zero-order valence-electron chi connectivity index (χ0n) is 11.8. The highest BCUT2D eigenvalue weighted by molar-refractivity contribution is 7.89. The van der Waals surface area contributed by atoms with E-state index in [0.717, 1.165) is 6.42 Å². The van der Waals surface area contributed by atoms with Gasteiger partial charge in [0.05, 0.1) is 23.7 Å². The predicted molar refractivity (Wildman–Crippen MR) is 80.5 cm³/mol. The number of sulfonamides is 1. The first kappa shape index (κ1) is 15.5. The van der Waals surface area contributed by atoms with Crippen LogP contribution in [0, 0.1) is 0 Å². The van der Waals surface area contributed by atoms with E-state index < -0.39 is 10.0 Å². The molecule has 0 aliphatic heterocycles. The molecule has 0 amide bonds. The molecule has 1 aromatic carbocycles. The maximum atomic E-state index is 12.2. The Morgan fingerprint density at radius 1 is 1.14 bits per heavy atom. The number of hydrogen-bond acceptors (Lipinski definition) is 4. The number of aromatic nitrogens is 1. The lowest BCUT2D eigenvalue weighted by atomic mass is 10.3. The first-order chi connectivity index (χ1) is 10.1. The molecule has 112 valence electrons. The summed E-state index contributed by atoms with van der Waals surface area (Å²) in [5.41, 5.74) is 0.670. The summed E-state index contributed by atoms with van der Waals surface area (Å²) in [5.74, 6) is 0.667. The van der Waals surface area contributed by atoms with Gasteiger partial charge in [-0.2, -0.15) is 0 Å². The molecule has 0 bridgehead atoms. The first-order valence-corrected chi connectivity index (χ1v) is 8.22. The maximum Gasteiger partial charge on any atom is 0.240 e. The molecule has 0 saturated heterocycles. The van der Waals surface area contributed by atoms with Crippen LogP contribution >= 0.6 is 0 Å². The maximum absolute atomic E-state index is 12.2. The van der Waals surface area contributed by atoms with Crippen molar-refractivity contribution < 1.29 is 13.2 Å². The zero-order chi connectivity index (χ0) is 15.1. The van der Waals surface area contributed by atoms with E-state index in [1.54, 1.807) is 30.5 Å². The van der Waals surface area contributed by atoms with Gasteiger partial charge in [0.25, 0.3) is 0 Å². The third kappa shape index (κ3) is 4.54. The summed E-state index contributed by atoms with van der Waals surface area (Å²) >= 11 is 0. The van der Waals surface area contributed by atoms with E-state index in [-0.39, 0.29) is 11.4 Å². The summed E-state index contributed by atoms with van der Waals surface area (Å²) in [6.07, 6.45) is 2.54. The van der Waals surface area contributed by atoms with Gasteiger partial charge in [-0.15, -0.1) is 0 Å². The summed E-state index contributed by atoms with van der Waals surface area (Å²) in [7, 11) is -3.54. The quantitative estimate of drug-likeness (QED) is 0.852. The molecular weight excluding hydrogens is 288 g/mol. The van der Waals surface area contributed by atoms with Crippen LogP contribution in [0.1, 0.15) is 19.0 Å². The standard InChI is InChI=1S/C15H18N2O3S/c1-2-11-20-14-6-8-15(9-7-14)21(18,19)17-12-13-5-3-4-10-16-13/h3-10,17H,2,11-12H2,1H3. The fraction of sp³-hybridized carbons (Fsp3) is 0.267. The van der Waals surface area contributed by atoms with E-state index in [4.69, 9.17) is 4.74 Å². The molecular formula is C15H18N2O3S. The highest BCUT2D eigenvalue weighted by atomic mass is 32.2. The van der Waals surface area contributed by atoms with Crippen LogP contribution in [0.3, 0.4) is 0 Å². The molecule has 0 radical (unpaired) electrons. The van der Waals surface area contributed by atoms with Crippen LogP contribution in [0.15, 0.2) is 53.6 Å². The number of benzene rings is 1. The SMILES string of the molecule is CCCOc1ccc(S(=O)(=O)NCc2ccccn2)cc1. The Kier molecular flexibility index (Phi) is 5.30. The minimum atomic E-state index is -3.54. The van der Waals surface area contributed by atoms with Crippen molar-refractivity contribution in [3.05, 3.63) is 54.4 Å². The van der Waals surface area contributed by atoms with Gasteiger partial charge in [-0.3, -0.25) is 4.98 Å². The summed E-state index contributed by atoms with van der Waals surface area (Å²) in [5, 5.41) is 0. The fourth-order valence-corrected chi connectivity index (χ4v) is 2.69. The lowest BCUT2D eigenvalue weighted by molar-refractivity contribution is 0.317. The Morgan fingerprint density at radius 3 is 2.52 bits per heavy atom. The molecule has 0 atom stereocenters. The number of hydrogen-bond donors (Lipinski definition) is 1. The molecule has 2 rings (SSSR count). The lowest BCUT2D eigenvalue weighted by Crippen LogP contribution is -2.23. The Labute approximate surface area is 125 Å². The third-order valence-corrected chi connectivity index (χ3v) is 4.19. The van der Waals surface area contributed by atoms with E-state index in [0.29, 0.717) is 18.1 Å². The number of pyridine rings is 1. The molecule has 0 fully saturated rings. The molecule has 2 aromatic rings. The van der Waals surface area contributed by atoms with Crippen molar-refractivity contribution in [2.45, 2.75) is 24.8 Å². The van der Waals surface area contributed by atoms with Crippen molar-refractivity contribution in [2.24, 2.45) is 0 Å². The van der Waals surface area contributed by atoms with Crippen LogP contribution in [0.4, 0.5) is 0 Å². The van der Waals surface area contributed by atoms with Gasteiger partial charge in [-0.1, -0.05) is 13.0 Å². The van der Waals surface area contributed by atoms with E-state index in [2.05, 4.69) is 9.71 Å². The Hall–Kier alpha value is -1.92. The van der Waals surface area contributed by atoms with Gasteiger partial charge in [-0.25, -0.2) is 13.1 Å². The van der Waals surface area contributed by atoms with E-state index in [1.165, 1.54) is 12.1 Å². The number of ether oxygens (including phenoxy) is 1. The van der Waals surface area contributed by atoms with Gasteiger partial charge < -0.3 is 4.74 Å². The Morgan fingerprint density at radius 2 is 1.90 bits per heavy atom. The van der Waals surface area contributed by atoms with Crippen LogP contribution in [-0.4, -0.2) is 20.0 Å². The van der Waals surface area contributed by atoms with Crippen molar-refractivity contribution in [3.8, 4) is 5.75 Å². The largest absolute Gasteiger partial charge is 0.494 e. The van der Waals surface area contributed by atoms with Crippen molar-refractivity contribution in [1.82, 2.24) is 9.71 Å². The minimum Gasteiger partial charge on any atom is -0.494 e. The van der Waals surface area contributed by atoms with E-state index in [9.17, 15) is 8.42 Å². The van der Waals surface area contributed by atoms with Crippen LogP contribution in [0.25, 0.3) is 0 Å². The van der Waals surface area contributed by atoms with Gasteiger partial charge in [0.15, 0.2) is 0 Å². The molecule has 0 aliphatic rings. The van der Waals surface area contributed by atoms with E-state index >= 15 is 0 Å². The molecule has 5 nitrogen and oxygen atoms in total. The van der Waals surface area contributed by atoms with Crippen LogP contribution in [-0.2, 0) is 16.6 Å². The summed E-state index contributed by atoms with van der Waals surface area (Å²) in [6, 6.07) is 11.8. The predicted octanol–water partition coefficient (Wildman–Crippen LogP) is 2.35. The molecule has 1 aromatic heterocycles. The second-order valence-corrected chi connectivity index (χ2v) is 6.23. The molecule has 0 aliphatic carbocycles. The highest BCUT2D eigenvalue weighted by Gasteiger charge is 2.13. The molecule has 1 N–H and O–H groups in total. The highest BCUT2D eigenvalue weighted by Crippen LogP contribution is 2.16. The van der Waals surface area contributed by atoms with Crippen molar-refractivity contribution in [1.29, 1.82) is 0 Å².